The number of hydrogen-bond donors (Lipinski definition) is 1. The van der Waals surface area contributed by atoms with Gasteiger partial charge in [-0.05, 0) is 32.1 Å². The Morgan fingerprint density at radius 3 is 2.57 bits per heavy atom. The van der Waals surface area contributed by atoms with Crippen LogP contribution in [-0.4, -0.2) is 9.55 Å². The van der Waals surface area contributed by atoms with Crippen LogP contribution in [0.25, 0.3) is 0 Å². The number of halogens is 1. The molecule has 1 aromatic heterocycles. The van der Waals surface area contributed by atoms with Crippen LogP contribution in [0, 0.1) is 0 Å². The predicted octanol–water partition coefficient (Wildman–Crippen LogP) is 3.99. The summed E-state index contributed by atoms with van der Waals surface area (Å²) in [6.07, 6.45) is 8.38. The first-order valence-corrected chi connectivity index (χ1v) is 8.48. The van der Waals surface area contributed by atoms with Crippen molar-refractivity contribution in [1.82, 2.24) is 9.55 Å². The summed E-state index contributed by atoms with van der Waals surface area (Å²) in [5, 5.41) is 0.244. The van der Waals surface area contributed by atoms with E-state index in [1.807, 2.05) is 6.92 Å². The third-order valence-corrected chi connectivity index (χ3v) is 4.85. The van der Waals surface area contributed by atoms with Gasteiger partial charge in [-0.1, -0.05) is 50.6 Å². The molecule has 0 saturated heterocycles. The van der Waals surface area contributed by atoms with E-state index in [1.54, 1.807) is 0 Å². The largest absolute Gasteiger partial charge is 0.329 e. The molecular formula is C16H25ClN2O2. The van der Waals surface area contributed by atoms with Gasteiger partial charge in [-0.3, -0.25) is 14.3 Å². The Bertz CT molecular complexity index is 585. The van der Waals surface area contributed by atoms with E-state index < -0.39 is 0 Å². The van der Waals surface area contributed by atoms with Crippen LogP contribution >= 0.6 is 11.6 Å². The summed E-state index contributed by atoms with van der Waals surface area (Å²) >= 11 is 6.15. The van der Waals surface area contributed by atoms with Crippen molar-refractivity contribution in [2.75, 3.05) is 0 Å². The number of H-pyrrole nitrogens is 1. The number of rotatable bonds is 6. The van der Waals surface area contributed by atoms with Gasteiger partial charge in [0.1, 0.15) is 5.15 Å². The zero-order valence-corrected chi connectivity index (χ0v) is 13.7. The molecule has 1 saturated carbocycles. The molecule has 0 aliphatic heterocycles. The van der Waals surface area contributed by atoms with E-state index >= 15 is 0 Å². The maximum Gasteiger partial charge on any atom is 0.329 e. The highest BCUT2D eigenvalue weighted by molar-refractivity contribution is 6.30. The quantitative estimate of drug-likeness (QED) is 0.638. The van der Waals surface area contributed by atoms with Gasteiger partial charge in [-0.25, -0.2) is 4.79 Å². The molecule has 1 atom stereocenters. The van der Waals surface area contributed by atoms with Crippen molar-refractivity contribution in [3.8, 4) is 0 Å². The maximum atomic E-state index is 12.7. The first kappa shape index (κ1) is 16.3. The van der Waals surface area contributed by atoms with Crippen molar-refractivity contribution >= 4 is 11.6 Å². The standard InChI is InChI=1S/C16H25ClN2O2/c1-3-4-5-8-11(2)19-15(20)13(12-9-6-7-10-12)14(17)18-16(19)21/h11-12H,3-10H2,1-2H3,(H,18,21). The van der Waals surface area contributed by atoms with E-state index in [2.05, 4.69) is 11.9 Å². The minimum Gasteiger partial charge on any atom is -0.297 e. The molecule has 5 heteroatoms. The van der Waals surface area contributed by atoms with Crippen LogP contribution in [-0.2, 0) is 0 Å². The Balaban J connectivity index is 2.34. The maximum absolute atomic E-state index is 12.7. The smallest absolute Gasteiger partial charge is 0.297 e. The number of aromatic nitrogens is 2. The third kappa shape index (κ3) is 3.60. The molecule has 1 aliphatic carbocycles. The van der Waals surface area contributed by atoms with Crippen LogP contribution < -0.4 is 11.2 Å². The summed E-state index contributed by atoms with van der Waals surface area (Å²) < 4.78 is 1.37. The van der Waals surface area contributed by atoms with Crippen molar-refractivity contribution < 1.29 is 0 Å². The Morgan fingerprint density at radius 2 is 1.95 bits per heavy atom. The second kappa shape index (κ2) is 7.30. The number of aromatic amines is 1. The van der Waals surface area contributed by atoms with E-state index in [4.69, 9.17) is 11.6 Å². The Kier molecular flexibility index (Phi) is 5.68. The zero-order chi connectivity index (χ0) is 15.4. The lowest BCUT2D eigenvalue weighted by Gasteiger charge is -2.18. The normalized spacial score (nSPS) is 17.3. The molecule has 0 spiro atoms. The SMILES string of the molecule is CCCCCC(C)n1c(=O)[nH]c(Cl)c(C2CCCC2)c1=O. The summed E-state index contributed by atoms with van der Waals surface area (Å²) in [6, 6.07) is -0.0785. The summed E-state index contributed by atoms with van der Waals surface area (Å²) in [6.45, 7) is 4.09. The van der Waals surface area contributed by atoms with Gasteiger partial charge in [0, 0.05) is 6.04 Å². The Labute approximate surface area is 130 Å². The van der Waals surface area contributed by atoms with E-state index in [9.17, 15) is 9.59 Å². The molecule has 0 amide bonds. The average molecular weight is 313 g/mol. The van der Waals surface area contributed by atoms with Gasteiger partial charge in [0.15, 0.2) is 0 Å². The van der Waals surface area contributed by atoms with Crippen molar-refractivity contribution in [3.05, 3.63) is 31.6 Å². The van der Waals surface area contributed by atoms with E-state index in [0.29, 0.717) is 5.56 Å². The Morgan fingerprint density at radius 1 is 1.29 bits per heavy atom. The van der Waals surface area contributed by atoms with Crippen molar-refractivity contribution in [2.45, 2.75) is 77.2 Å². The van der Waals surface area contributed by atoms with Crippen molar-refractivity contribution in [2.24, 2.45) is 0 Å². The predicted molar refractivity (Wildman–Crippen MR) is 86.4 cm³/mol. The molecule has 21 heavy (non-hydrogen) atoms. The molecule has 118 valence electrons. The van der Waals surface area contributed by atoms with Crippen LogP contribution in [0.4, 0.5) is 0 Å². The molecule has 1 heterocycles. The third-order valence-electron chi connectivity index (χ3n) is 4.55. The van der Waals surface area contributed by atoms with Crippen LogP contribution in [0.5, 0.6) is 0 Å². The molecule has 0 bridgehead atoms. The summed E-state index contributed by atoms with van der Waals surface area (Å²) in [5.41, 5.74) is 0.0616. The number of hydrogen-bond acceptors (Lipinski definition) is 2. The lowest BCUT2D eigenvalue weighted by atomic mass is 10.00. The average Bonchev–Trinajstić information content (AvgIpc) is 2.92. The first-order valence-electron chi connectivity index (χ1n) is 8.10. The highest BCUT2D eigenvalue weighted by Crippen LogP contribution is 2.34. The lowest BCUT2D eigenvalue weighted by Crippen LogP contribution is -2.39. The van der Waals surface area contributed by atoms with Gasteiger partial charge >= 0.3 is 5.69 Å². The fourth-order valence-corrected chi connectivity index (χ4v) is 3.64. The van der Waals surface area contributed by atoms with E-state index in [-0.39, 0.29) is 28.4 Å². The van der Waals surface area contributed by atoms with Gasteiger partial charge in [0.2, 0.25) is 0 Å². The van der Waals surface area contributed by atoms with Crippen LogP contribution in [0.2, 0.25) is 5.15 Å². The van der Waals surface area contributed by atoms with Crippen LogP contribution in [0.15, 0.2) is 9.59 Å². The second-order valence-electron chi connectivity index (χ2n) is 6.16. The molecule has 1 aliphatic rings. The Hall–Kier alpha value is -1.03. The molecule has 0 aromatic carbocycles. The molecule has 0 radical (unpaired) electrons. The summed E-state index contributed by atoms with van der Waals surface area (Å²) in [7, 11) is 0. The molecule has 4 nitrogen and oxygen atoms in total. The van der Waals surface area contributed by atoms with Gasteiger partial charge in [-0.15, -0.1) is 0 Å². The van der Waals surface area contributed by atoms with E-state index in [0.717, 1.165) is 51.4 Å². The molecule has 1 N–H and O–H groups in total. The van der Waals surface area contributed by atoms with Crippen LogP contribution in [0.3, 0.4) is 0 Å². The van der Waals surface area contributed by atoms with Gasteiger partial charge < -0.3 is 0 Å². The van der Waals surface area contributed by atoms with Gasteiger partial charge in [-0.2, -0.15) is 0 Å². The number of nitrogens with zero attached hydrogens (tertiary/aromatic N) is 1. The fourth-order valence-electron chi connectivity index (χ4n) is 3.32. The van der Waals surface area contributed by atoms with Crippen molar-refractivity contribution in [1.29, 1.82) is 0 Å². The van der Waals surface area contributed by atoms with Gasteiger partial charge in [0.25, 0.3) is 5.56 Å². The number of nitrogens with one attached hydrogen (secondary N) is 1. The monoisotopic (exact) mass is 312 g/mol. The molecular weight excluding hydrogens is 288 g/mol. The second-order valence-corrected chi connectivity index (χ2v) is 6.54. The molecule has 1 aromatic rings. The fraction of sp³-hybridized carbons (Fsp3) is 0.750. The minimum atomic E-state index is -0.379. The van der Waals surface area contributed by atoms with Gasteiger partial charge in [0.05, 0.1) is 5.56 Å². The van der Waals surface area contributed by atoms with Crippen molar-refractivity contribution in [3.63, 3.8) is 0 Å². The highest BCUT2D eigenvalue weighted by Gasteiger charge is 2.26. The molecule has 2 rings (SSSR count). The zero-order valence-electron chi connectivity index (χ0n) is 13.0. The van der Waals surface area contributed by atoms with Crippen LogP contribution in [0.1, 0.15) is 82.7 Å². The van der Waals surface area contributed by atoms with E-state index in [1.165, 1.54) is 4.57 Å². The first-order chi connectivity index (χ1) is 10.1. The number of unbranched alkanes of at least 4 members (excludes halogenated alkanes) is 2. The molecule has 1 fully saturated rings. The minimum absolute atomic E-state index is 0.0785. The summed E-state index contributed by atoms with van der Waals surface area (Å²) in [5.74, 6) is 0.205. The highest BCUT2D eigenvalue weighted by atomic mass is 35.5. The summed E-state index contributed by atoms with van der Waals surface area (Å²) in [4.78, 5) is 27.5. The molecule has 1 unspecified atom stereocenters. The lowest BCUT2D eigenvalue weighted by molar-refractivity contribution is 0.443. The topological polar surface area (TPSA) is 54.9 Å².